The molecule has 0 radical (unpaired) electrons. The number of hydrogen-bond donors (Lipinski definition) is 2. The zero-order valence-electron chi connectivity index (χ0n) is 12.9. The monoisotopic (exact) mass is 315 g/mol. The van der Waals surface area contributed by atoms with Crippen LogP contribution < -0.4 is 5.69 Å². The zero-order chi connectivity index (χ0) is 16.2. The number of amides is 1. The molecule has 1 aromatic heterocycles. The summed E-state index contributed by atoms with van der Waals surface area (Å²) in [5.74, 6) is -0.0293. The number of benzene rings is 1. The molecule has 1 atom stereocenters. The third kappa shape index (κ3) is 3.37. The predicted molar refractivity (Wildman–Crippen MR) is 86.3 cm³/mol. The Morgan fingerprint density at radius 2 is 2.09 bits per heavy atom. The highest BCUT2D eigenvalue weighted by Gasteiger charge is 2.26. The van der Waals surface area contributed by atoms with Gasteiger partial charge in [-0.25, -0.2) is 4.79 Å². The normalized spacial score (nSPS) is 18.1. The van der Waals surface area contributed by atoms with Gasteiger partial charge in [0.15, 0.2) is 0 Å². The maximum Gasteiger partial charge on any atom is 0.326 e. The van der Waals surface area contributed by atoms with Gasteiger partial charge in [0.1, 0.15) is 5.69 Å². The Morgan fingerprint density at radius 3 is 2.83 bits per heavy atom. The number of nitrogens with zero attached hydrogens (tertiary/aromatic N) is 2. The lowest BCUT2D eigenvalue weighted by Gasteiger charge is -2.31. The van der Waals surface area contributed by atoms with E-state index in [0.717, 1.165) is 18.4 Å². The van der Waals surface area contributed by atoms with Crippen molar-refractivity contribution in [3.63, 3.8) is 0 Å². The highest BCUT2D eigenvalue weighted by Crippen LogP contribution is 2.18. The molecule has 2 aromatic rings. The zero-order valence-corrected chi connectivity index (χ0v) is 12.9. The number of hydrogen-bond acceptors (Lipinski definition) is 3. The second kappa shape index (κ2) is 6.83. The van der Waals surface area contributed by atoms with Gasteiger partial charge in [0.05, 0.1) is 6.54 Å². The van der Waals surface area contributed by atoms with Gasteiger partial charge in [-0.3, -0.25) is 9.36 Å². The molecule has 0 saturated carbocycles. The second-order valence-electron chi connectivity index (χ2n) is 5.99. The minimum Gasteiger partial charge on any atom is -0.396 e. The average Bonchev–Trinajstić information content (AvgIpc) is 2.96. The number of imidazole rings is 1. The van der Waals surface area contributed by atoms with E-state index in [4.69, 9.17) is 0 Å². The maximum absolute atomic E-state index is 12.8. The van der Waals surface area contributed by atoms with Crippen molar-refractivity contribution in [1.29, 1.82) is 0 Å². The van der Waals surface area contributed by atoms with Gasteiger partial charge in [0, 0.05) is 25.9 Å². The molecule has 1 aliphatic heterocycles. The van der Waals surface area contributed by atoms with Crippen LogP contribution in [0.1, 0.15) is 28.9 Å². The lowest BCUT2D eigenvalue weighted by Crippen LogP contribution is -2.42. The van der Waals surface area contributed by atoms with Crippen LogP contribution in [0.15, 0.2) is 41.3 Å². The van der Waals surface area contributed by atoms with Crippen molar-refractivity contribution in [3.8, 4) is 0 Å². The number of carbonyl (C=O) groups is 1. The van der Waals surface area contributed by atoms with Gasteiger partial charge in [-0.2, -0.15) is 0 Å². The summed E-state index contributed by atoms with van der Waals surface area (Å²) in [6, 6.07) is 9.58. The standard InChI is InChI=1S/C17H21N3O3/c21-12-14-7-4-8-19(10-14)16(22)15-9-18-17(23)20(15)11-13-5-2-1-3-6-13/h1-3,5-6,9,14,21H,4,7-8,10-12H2,(H,18,23). The third-order valence-corrected chi connectivity index (χ3v) is 4.34. The highest BCUT2D eigenvalue weighted by atomic mass is 16.3. The number of aliphatic hydroxyl groups excluding tert-OH is 1. The van der Waals surface area contributed by atoms with Crippen molar-refractivity contribution < 1.29 is 9.90 Å². The SMILES string of the molecule is O=C(c1c[nH]c(=O)n1Cc1ccccc1)N1CCCC(CO)C1. The summed E-state index contributed by atoms with van der Waals surface area (Å²) in [4.78, 5) is 29.1. The maximum atomic E-state index is 12.8. The lowest BCUT2D eigenvalue weighted by atomic mass is 9.99. The van der Waals surface area contributed by atoms with Gasteiger partial charge in [-0.15, -0.1) is 0 Å². The summed E-state index contributed by atoms with van der Waals surface area (Å²) in [6.07, 6.45) is 3.30. The molecule has 1 saturated heterocycles. The average molecular weight is 315 g/mol. The Kier molecular flexibility index (Phi) is 4.62. The molecule has 6 heteroatoms. The minimum atomic E-state index is -0.284. The van der Waals surface area contributed by atoms with Gasteiger partial charge < -0.3 is 15.0 Å². The Balaban J connectivity index is 1.83. The molecule has 1 fully saturated rings. The molecule has 3 rings (SSSR count). The Hall–Kier alpha value is -2.34. The van der Waals surface area contributed by atoms with Crippen molar-refractivity contribution in [2.45, 2.75) is 19.4 Å². The van der Waals surface area contributed by atoms with Crippen LogP contribution in [-0.4, -0.2) is 45.2 Å². The predicted octanol–water partition coefficient (Wildman–Crippen LogP) is 1.07. The lowest BCUT2D eigenvalue weighted by molar-refractivity contribution is 0.0610. The Bertz CT molecular complexity index is 720. The molecule has 1 aromatic carbocycles. The van der Waals surface area contributed by atoms with E-state index in [9.17, 15) is 14.7 Å². The van der Waals surface area contributed by atoms with Crippen LogP contribution in [0, 0.1) is 5.92 Å². The summed E-state index contributed by atoms with van der Waals surface area (Å²) in [6.45, 7) is 1.66. The number of aromatic amines is 1. The van der Waals surface area contributed by atoms with E-state index in [1.54, 1.807) is 4.90 Å². The van der Waals surface area contributed by atoms with E-state index in [-0.39, 0.29) is 24.1 Å². The summed E-state index contributed by atoms with van der Waals surface area (Å²) in [5.41, 5.74) is 1.06. The van der Waals surface area contributed by atoms with E-state index in [2.05, 4.69) is 4.98 Å². The molecular formula is C17H21N3O3. The number of rotatable bonds is 4. The first-order valence-corrected chi connectivity index (χ1v) is 7.91. The van der Waals surface area contributed by atoms with E-state index in [1.165, 1.54) is 10.8 Å². The Morgan fingerprint density at radius 1 is 1.30 bits per heavy atom. The first kappa shape index (κ1) is 15.6. The van der Waals surface area contributed by atoms with Crippen molar-refractivity contribution in [2.24, 2.45) is 5.92 Å². The number of nitrogens with one attached hydrogen (secondary N) is 1. The number of aromatic nitrogens is 2. The van der Waals surface area contributed by atoms with Gasteiger partial charge >= 0.3 is 5.69 Å². The molecule has 2 heterocycles. The Labute approximate surface area is 134 Å². The number of likely N-dealkylation sites (tertiary alicyclic amines) is 1. The van der Waals surface area contributed by atoms with Gasteiger partial charge in [-0.1, -0.05) is 30.3 Å². The molecule has 1 amide bonds. The fraction of sp³-hybridized carbons (Fsp3) is 0.412. The topological polar surface area (TPSA) is 78.3 Å². The van der Waals surface area contributed by atoms with Crippen molar-refractivity contribution in [2.75, 3.05) is 19.7 Å². The number of aliphatic hydroxyl groups is 1. The summed E-state index contributed by atoms with van der Waals surface area (Å²) in [7, 11) is 0. The van der Waals surface area contributed by atoms with Crippen LogP contribution in [-0.2, 0) is 6.54 Å². The molecule has 6 nitrogen and oxygen atoms in total. The van der Waals surface area contributed by atoms with Gasteiger partial charge in [0.2, 0.25) is 0 Å². The molecular weight excluding hydrogens is 294 g/mol. The number of H-pyrrole nitrogens is 1. The smallest absolute Gasteiger partial charge is 0.326 e. The van der Waals surface area contributed by atoms with Gasteiger partial charge in [0.25, 0.3) is 5.91 Å². The quantitative estimate of drug-likeness (QED) is 0.886. The van der Waals surface area contributed by atoms with Crippen LogP contribution >= 0.6 is 0 Å². The van der Waals surface area contributed by atoms with Crippen molar-refractivity contribution in [3.05, 3.63) is 58.3 Å². The van der Waals surface area contributed by atoms with Crippen LogP contribution in [0.3, 0.4) is 0 Å². The first-order chi connectivity index (χ1) is 11.2. The molecule has 122 valence electrons. The molecule has 0 bridgehead atoms. The van der Waals surface area contributed by atoms with Crippen LogP contribution in [0.2, 0.25) is 0 Å². The fourth-order valence-electron chi connectivity index (χ4n) is 3.06. The van der Waals surface area contributed by atoms with Crippen molar-refractivity contribution in [1.82, 2.24) is 14.5 Å². The largest absolute Gasteiger partial charge is 0.396 e. The van der Waals surface area contributed by atoms with Crippen LogP contribution in [0.4, 0.5) is 0 Å². The summed E-state index contributed by atoms with van der Waals surface area (Å²) < 4.78 is 1.47. The van der Waals surface area contributed by atoms with E-state index >= 15 is 0 Å². The van der Waals surface area contributed by atoms with Crippen LogP contribution in [0.5, 0.6) is 0 Å². The second-order valence-corrected chi connectivity index (χ2v) is 5.99. The minimum absolute atomic E-state index is 0.0910. The number of carbonyl (C=O) groups excluding carboxylic acids is 1. The fourth-order valence-corrected chi connectivity index (χ4v) is 3.06. The first-order valence-electron chi connectivity index (χ1n) is 7.91. The molecule has 23 heavy (non-hydrogen) atoms. The molecule has 1 aliphatic rings. The van der Waals surface area contributed by atoms with E-state index in [1.807, 2.05) is 30.3 Å². The molecule has 0 aliphatic carbocycles. The highest BCUT2D eigenvalue weighted by molar-refractivity contribution is 5.92. The van der Waals surface area contributed by atoms with Crippen LogP contribution in [0.25, 0.3) is 0 Å². The summed E-state index contributed by atoms with van der Waals surface area (Å²) >= 11 is 0. The molecule has 0 spiro atoms. The van der Waals surface area contributed by atoms with E-state index in [0.29, 0.717) is 25.3 Å². The third-order valence-electron chi connectivity index (χ3n) is 4.34. The van der Waals surface area contributed by atoms with Gasteiger partial charge in [-0.05, 0) is 24.3 Å². The molecule has 1 unspecified atom stereocenters. The van der Waals surface area contributed by atoms with Crippen molar-refractivity contribution >= 4 is 5.91 Å². The molecule has 2 N–H and O–H groups in total. The summed E-state index contributed by atoms with van der Waals surface area (Å²) in [5, 5.41) is 9.32. The number of piperidine rings is 1. The van der Waals surface area contributed by atoms with E-state index < -0.39 is 0 Å².